The SMILES string of the molecule is CCOCC(C)Oc1ncc(CNC(C)C)c(C)n1. The molecular weight excluding hydrogens is 242 g/mol. The van der Waals surface area contributed by atoms with E-state index in [1.807, 2.05) is 27.0 Å². The molecule has 0 saturated heterocycles. The third-order valence-electron chi connectivity index (χ3n) is 2.62. The van der Waals surface area contributed by atoms with Gasteiger partial charge in [-0.2, -0.15) is 0 Å². The Balaban J connectivity index is 2.55. The van der Waals surface area contributed by atoms with Crippen LogP contribution in [0.3, 0.4) is 0 Å². The largest absolute Gasteiger partial charge is 0.458 e. The topological polar surface area (TPSA) is 56.3 Å². The van der Waals surface area contributed by atoms with Gasteiger partial charge in [-0.15, -0.1) is 0 Å². The highest BCUT2D eigenvalue weighted by Crippen LogP contribution is 2.10. The van der Waals surface area contributed by atoms with Crippen LogP contribution in [0.4, 0.5) is 0 Å². The maximum Gasteiger partial charge on any atom is 0.316 e. The summed E-state index contributed by atoms with van der Waals surface area (Å²) < 4.78 is 10.9. The Morgan fingerprint density at radius 3 is 2.63 bits per heavy atom. The molecule has 0 spiro atoms. The predicted octanol–water partition coefficient (Wildman–Crippen LogP) is 2.09. The fourth-order valence-corrected chi connectivity index (χ4v) is 1.51. The van der Waals surface area contributed by atoms with Gasteiger partial charge >= 0.3 is 6.01 Å². The van der Waals surface area contributed by atoms with Gasteiger partial charge in [0.1, 0.15) is 6.10 Å². The molecule has 1 N–H and O–H groups in total. The van der Waals surface area contributed by atoms with E-state index in [1.165, 1.54) is 0 Å². The molecule has 0 aliphatic rings. The molecule has 5 heteroatoms. The second kappa shape index (κ2) is 8.07. The van der Waals surface area contributed by atoms with Crippen LogP contribution >= 0.6 is 0 Å². The number of hydrogen-bond donors (Lipinski definition) is 1. The summed E-state index contributed by atoms with van der Waals surface area (Å²) in [4.78, 5) is 8.61. The Bertz CT molecular complexity index is 383. The molecule has 0 radical (unpaired) electrons. The summed E-state index contributed by atoms with van der Waals surface area (Å²) in [6.45, 7) is 12.1. The number of nitrogens with zero attached hydrogens (tertiary/aromatic N) is 2. The second-order valence-corrected chi connectivity index (χ2v) is 4.89. The van der Waals surface area contributed by atoms with Gasteiger partial charge in [0.05, 0.1) is 6.61 Å². The van der Waals surface area contributed by atoms with Crippen molar-refractivity contribution in [1.82, 2.24) is 15.3 Å². The molecule has 1 aromatic rings. The third kappa shape index (κ3) is 5.98. The predicted molar refractivity (Wildman–Crippen MR) is 75.3 cm³/mol. The summed E-state index contributed by atoms with van der Waals surface area (Å²) in [7, 11) is 0. The number of aromatic nitrogens is 2. The van der Waals surface area contributed by atoms with Crippen LogP contribution in [0.2, 0.25) is 0 Å². The number of aryl methyl sites for hydroxylation is 1. The lowest BCUT2D eigenvalue weighted by Gasteiger charge is -2.14. The first kappa shape index (κ1) is 15.9. The summed E-state index contributed by atoms with van der Waals surface area (Å²) in [5, 5.41) is 3.35. The van der Waals surface area contributed by atoms with E-state index < -0.39 is 0 Å². The molecule has 0 aliphatic heterocycles. The first-order valence-corrected chi connectivity index (χ1v) is 6.83. The van der Waals surface area contributed by atoms with Crippen LogP contribution in [-0.4, -0.2) is 35.3 Å². The lowest BCUT2D eigenvalue weighted by atomic mass is 10.2. The average Bonchev–Trinajstić information content (AvgIpc) is 2.35. The number of nitrogens with one attached hydrogen (secondary N) is 1. The zero-order chi connectivity index (χ0) is 14.3. The summed E-state index contributed by atoms with van der Waals surface area (Å²) >= 11 is 0. The molecule has 1 heterocycles. The summed E-state index contributed by atoms with van der Waals surface area (Å²) in [6.07, 6.45) is 1.78. The van der Waals surface area contributed by atoms with Crippen LogP contribution in [0.25, 0.3) is 0 Å². The van der Waals surface area contributed by atoms with E-state index in [4.69, 9.17) is 9.47 Å². The minimum Gasteiger partial charge on any atom is -0.458 e. The van der Waals surface area contributed by atoms with Crippen molar-refractivity contribution in [1.29, 1.82) is 0 Å². The van der Waals surface area contributed by atoms with Crippen LogP contribution in [0.5, 0.6) is 6.01 Å². The van der Waals surface area contributed by atoms with Gasteiger partial charge in [-0.3, -0.25) is 0 Å². The van der Waals surface area contributed by atoms with Crippen LogP contribution in [-0.2, 0) is 11.3 Å². The van der Waals surface area contributed by atoms with Gasteiger partial charge in [0.2, 0.25) is 0 Å². The van der Waals surface area contributed by atoms with Gasteiger partial charge in [0.25, 0.3) is 0 Å². The van der Waals surface area contributed by atoms with E-state index in [0.717, 1.165) is 17.8 Å². The van der Waals surface area contributed by atoms with Crippen LogP contribution in [0.15, 0.2) is 6.20 Å². The molecule has 19 heavy (non-hydrogen) atoms. The molecule has 1 aromatic heterocycles. The molecule has 0 amide bonds. The van der Waals surface area contributed by atoms with Crippen LogP contribution < -0.4 is 10.1 Å². The van der Waals surface area contributed by atoms with Crippen molar-refractivity contribution < 1.29 is 9.47 Å². The Morgan fingerprint density at radius 2 is 2.05 bits per heavy atom. The first-order valence-electron chi connectivity index (χ1n) is 6.83. The quantitative estimate of drug-likeness (QED) is 0.781. The molecule has 1 atom stereocenters. The molecule has 5 nitrogen and oxygen atoms in total. The van der Waals surface area contributed by atoms with E-state index in [0.29, 0.717) is 25.3 Å². The maximum absolute atomic E-state index is 5.61. The molecule has 0 aromatic carbocycles. The maximum atomic E-state index is 5.61. The zero-order valence-corrected chi connectivity index (χ0v) is 12.6. The van der Waals surface area contributed by atoms with Crippen molar-refractivity contribution in [3.8, 4) is 6.01 Å². The van der Waals surface area contributed by atoms with E-state index in [9.17, 15) is 0 Å². The van der Waals surface area contributed by atoms with Gasteiger partial charge in [-0.25, -0.2) is 9.97 Å². The van der Waals surface area contributed by atoms with E-state index in [2.05, 4.69) is 29.1 Å². The van der Waals surface area contributed by atoms with Gasteiger partial charge in [-0.05, 0) is 20.8 Å². The molecule has 0 saturated carbocycles. The van der Waals surface area contributed by atoms with Crippen molar-refractivity contribution in [2.24, 2.45) is 0 Å². The second-order valence-electron chi connectivity index (χ2n) is 4.89. The highest BCUT2D eigenvalue weighted by molar-refractivity contribution is 5.17. The molecule has 0 fully saturated rings. The van der Waals surface area contributed by atoms with Crippen molar-refractivity contribution >= 4 is 0 Å². The Kier molecular flexibility index (Phi) is 6.73. The van der Waals surface area contributed by atoms with Crippen LogP contribution in [0, 0.1) is 6.92 Å². The lowest BCUT2D eigenvalue weighted by Crippen LogP contribution is -2.23. The number of ether oxygens (including phenoxy) is 2. The monoisotopic (exact) mass is 267 g/mol. The van der Waals surface area contributed by atoms with Gasteiger partial charge in [0, 0.05) is 36.6 Å². The van der Waals surface area contributed by atoms with Crippen molar-refractivity contribution in [2.75, 3.05) is 13.2 Å². The van der Waals surface area contributed by atoms with Gasteiger partial charge in [-0.1, -0.05) is 13.8 Å². The molecule has 0 aliphatic carbocycles. The Hall–Kier alpha value is -1.20. The Morgan fingerprint density at radius 1 is 1.32 bits per heavy atom. The minimum absolute atomic E-state index is 0.0426. The van der Waals surface area contributed by atoms with E-state index in [1.54, 1.807) is 0 Å². The zero-order valence-electron chi connectivity index (χ0n) is 12.6. The van der Waals surface area contributed by atoms with Gasteiger partial charge < -0.3 is 14.8 Å². The molecule has 1 unspecified atom stereocenters. The van der Waals surface area contributed by atoms with E-state index in [-0.39, 0.29) is 6.10 Å². The fraction of sp³-hybridized carbons (Fsp3) is 0.714. The highest BCUT2D eigenvalue weighted by Gasteiger charge is 2.09. The highest BCUT2D eigenvalue weighted by atomic mass is 16.5. The summed E-state index contributed by atoms with van der Waals surface area (Å²) in [5.41, 5.74) is 2.04. The smallest absolute Gasteiger partial charge is 0.316 e. The fourth-order valence-electron chi connectivity index (χ4n) is 1.51. The number of rotatable bonds is 8. The minimum atomic E-state index is -0.0426. The van der Waals surface area contributed by atoms with Crippen molar-refractivity contribution in [2.45, 2.75) is 53.3 Å². The molecule has 108 valence electrons. The first-order chi connectivity index (χ1) is 9.02. The van der Waals surface area contributed by atoms with Crippen molar-refractivity contribution in [3.63, 3.8) is 0 Å². The average molecular weight is 267 g/mol. The standard InChI is InChI=1S/C14H25N3O2/c1-6-18-9-11(4)19-14-16-8-13(12(5)17-14)7-15-10(2)3/h8,10-11,15H,6-7,9H2,1-5H3. The molecule has 1 rings (SSSR count). The van der Waals surface area contributed by atoms with Gasteiger partial charge in [0.15, 0.2) is 0 Å². The lowest BCUT2D eigenvalue weighted by molar-refractivity contribution is 0.0606. The Labute approximate surface area is 115 Å². The van der Waals surface area contributed by atoms with Crippen LogP contribution in [0.1, 0.15) is 39.0 Å². The molecular formula is C14H25N3O2. The summed E-state index contributed by atoms with van der Waals surface area (Å²) in [6, 6.07) is 0.861. The third-order valence-corrected chi connectivity index (χ3v) is 2.62. The molecule has 0 bridgehead atoms. The number of hydrogen-bond acceptors (Lipinski definition) is 5. The van der Waals surface area contributed by atoms with E-state index >= 15 is 0 Å². The normalized spacial score (nSPS) is 12.7. The van der Waals surface area contributed by atoms with Crippen molar-refractivity contribution in [3.05, 3.63) is 17.5 Å². The summed E-state index contributed by atoms with van der Waals surface area (Å²) in [5.74, 6) is 0.